The second-order valence-electron chi connectivity index (χ2n) is 20.1. The van der Waals surface area contributed by atoms with Crippen molar-refractivity contribution in [1.82, 2.24) is 30.7 Å². The van der Waals surface area contributed by atoms with Crippen LogP contribution in [0.4, 0.5) is 8.78 Å². The highest BCUT2D eigenvalue weighted by atomic mass is 32.1. The molecular weight excluding hydrogens is 1030 g/mol. The third-order valence-electron chi connectivity index (χ3n) is 13.6. The number of alkyl halides is 2. The third kappa shape index (κ3) is 12.3. The minimum absolute atomic E-state index is 0.0200. The van der Waals surface area contributed by atoms with Gasteiger partial charge in [0.2, 0.25) is 29.5 Å². The number of carbonyl (C=O) groups excluding carboxylic acids is 8. The van der Waals surface area contributed by atoms with E-state index in [2.05, 4.69) is 27.8 Å². The zero-order valence-electron chi connectivity index (χ0n) is 41.8. The Balaban J connectivity index is 0.861. The van der Waals surface area contributed by atoms with Crippen LogP contribution in [0.1, 0.15) is 119 Å². The number of rotatable bonds is 16. The first-order chi connectivity index (χ1) is 36.0. The van der Waals surface area contributed by atoms with E-state index in [1.54, 1.807) is 31.7 Å². The van der Waals surface area contributed by atoms with E-state index in [0.717, 1.165) is 40.4 Å². The number of fused-ring (bicyclic) bond motifs is 2. The lowest BCUT2D eigenvalue weighted by Gasteiger charge is -2.38. The van der Waals surface area contributed by atoms with Crippen molar-refractivity contribution in [2.45, 2.75) is 102 Å². The van der Waals surface area contributed by atoms with Crippen LogP contribution in [0.3, 0.4) is 0 Å². The molecule has 1 aromatic heterocycles. The van der Waals surface area contributed by atoms with Crippen LogP contribution in [-0.2, 0) is 43.7 Å². The molecule has 0 spiro atoms. The summed E-state index contributed by atoms with van der Waals surface area (Å²) < 4.78 is 53.2. The molecule has 8 rings (SSSR count). The Morgan fingerprint density at radius 1 is 0.947 bits per heavy atom. The van der Waals surface area contributed by atoms with Gasteiger partial charge in [0, 0.05) is 54.7 Å². The molecule has 19 nitrogen and oxygen atoms in total. The van der Waals surface area contributed by atoms with Gasteiger partial charge in [0.05, 0.1) is 35.3 Å². The maximum absolute atomic E-state index is 14.8. The second-order valence-corrected chi connectivity index (χ2v) is 22.9. The van der Waals surface area contributed by atoms with E-state index in [1.165, 1.54) is 29.2 Å². The lowest BCUT2D eigenvalue weighted by atomic mass is 9.85. The molecule has 23 heteroatoms. The maximum atomic E-state index is 14.8. The molecule has 5 N–H and O–H groups in total. The molecule has 4 aromatic rings. The zero-order chi connectivity index (χ0) is 54.7. The summed E-state index contributed by atoms with van der Waals surface area (Å²) in [5, 5.41) is 7.94. The van der Waals surface area contributed by atoms with Crippen molar-refractivity contribution in [3.8, 4) is 11.8 Å². The number of morpholine rings is 1. The number of thiophene rings is 1. The van der Waals surface area contributed by atoms with Gasteiger partial charge in [-0.1, -0.05) is 75.4 Å². The molecule has 4 aliphatic heterocycles. The molecule has 5 atom stereocenters. The Kier molecular flexibility index (Phi) is 16.7. The first kappa shape index (κ1) is 55.5. The summed E-state index contributed by atoms with van der Waals surface area (Å²) in [5.41, 5.74) is -4.62. The Morgan fingerprint density at radius 3 is 2.42 bits per heavy atom. The van der Waals surface area contributed by atoms with Crippen molar-refractivity contribution in [3.63, 3.8) is 0 Å². The van der Waals surface area contributed by atoms with Gasteiger partial charge in [0.1, 0.15) is 30.8 Å². The van der Waals surface area contributed by atoms with Crippen LogP contribution in [0.15, 0.2) is 72.8 Å². The topological polar surface area (TPSA) is 258 Å². The normalized spacial score (nSPS) is 20.5. The summed E-state index contributed by atoms with van der Waals surface area (Å²) >= 11 is 0.934. The quantitative estimate of drug-likeness (QED) is 0.0430. The SMILES string of the molecule is CC(C)(C)C(NC(=O)c1cc2cc(C(F)(F)P(=O)(O)O)ccc2s1)C(=O)N1C[C@@H](OCC(=O)NCCCCCC#Cc2ccc3c(c2)C(=O)N(C2CCC(=O)NC2=O)C3=O)C[C@H]1C(=O)N1CCO[C@H](c2ccccc2)C1. The monoisotopic (exact) mass is 1090 g/mol. The predicted octanol–water partition coefficient (Wildman–Crippen LogP) is 4.99. The number of hydrogen-bond acceptors (Lipinski definition) is 12. The van der Waals surface area contributed by atoms with Crippen LogP contribution in [-0.4, -0.2) is 135 Å². The first-order valence-electron chi connectivity index (χ1n) is 24.8. The average Bonchev–Trinajstić information content (AvgIpc) is 4.09. The number of likely N-dealkylation sites (tertiary alicyclic amines) is 1. The summed E-state index contributed by atoms with van der Waals surface area (Å²) in [4.78, 5) is 129. The van der Waals surface area contributed by atoms with Gasteiger partial charge in [0.25, 0.3) is 17.7 Å². The number of nitrogens with zero attached hydrogens (tertiary/aromatic N) is 3. The standard InChI is InChI=1S/C53H57F2N6O13PS/c1-52(2,3)45(58-47(65)42-26-33-25-34(16-19-41(33)76-42)53(54,55)75(70,71)72)51(69)60-28-35(27-39(60)50(68)59-22-23-73-40(29-59)32-13-9-7-10-14-32)74-30-44(63)56-21-11-6-4-5-8-12-31-15-17-36-37(24-31)49(67)61(48(36)66)38-18-20-43(62)57-46(38)64/h7,9-10,13-17,19,24-26,35,38-40,45H,4-6,11,18,20-23,27-30H2,1-3H3,(H,56,63)(H,58,65)(H,57,62,64)(H2,70,71,72)/t35-,38?,39-,40-,45?/m0/s1. The summed E-state index contributed by atoms with van der Waals surface area (Å²) in [5.74, 6) is 1.64. The van der Waals surface area contributed by atoms with Gasteiger partial charge in [-0.15, -0.1) is 11.3 Å². The highest BCUT2D eigenvalue weighted by Gasteiger charge is 2.51. The lowest BCUT2D eigenvalue weighted by molar-refractivity contribution is -0.150. The molecule has 0 radical (unpaired) electrons. The molecular formula is C53H57F2N6O13PS. The van der Waals surface area contributed by atoms with E-state index in [4.69, 9.17) is 9.47 Å². The number of halogens is 2. The number of nitrogens with one attached hydrogen (secondary N) is 3. The molecule has 8 amide bonds. The van der Waals surface area contributed by atoms with E-state index in [9.17, 15) is 61.5 Å². The predicted molar refractivity (Wildman–Crippen MR) is 272 cm³/mol. The van der Waals surface area contributed by atoms with Crippen molar-refractivity contribution >= 4 is 76.3 Å². The van der Waals surface area contributed by atoms with Gasteiger partial charge in [-0.3, -0.25) is 53.1 Å². The van der Waals surface area contributed by atoms with Crippen molar-refractivity contribution < 1.29 is 71.0 Å². The second kappa shape index (κ2) is 22.9. The van der Waals surface area contributed by atoms with E-state index >= 15 is 0 Å². The molecule has 3 fully saturated rings. The summed E-state index contributed by atoms with van der Waals surface area (Å²) in [6.07, 6.45) is 1.51. The number of benzene rings is 3. The Labute approximate surface area is 440 Å². The smallest absolute Gasteiger partial charge is 0.370 e. The largest absolute Gasteiger partial charge is 0.399 e. The van der Waals surface area contributed by atoms with Crippen molar-refractivity contribution in [2.75, 3.05) is 39.4 Å². The van der Waals surface area contributed by atoms with Crippen LogP contribution in [0.25, 0.3) is 10.1 Å². The van der Waals surface area contributed by atoms with E-state index in [0.29, 0.717) is 36.1 Å². The Bertz CT molecular complexity index is 3080. The molecule has 402 valence electrons. The molecule has 3 aromatic carbocycles. The van der Waals surface area contributed by atoms with Crippen LogP contribution in [0.5, 0.6) is 0 Å². The maximum Gasteiger partial charge on any atom is 0.399 e. The van der Waals surface area contributed by atoms with Crippen LogP contribution in [0.2, 0.25) is 0 Å². The number of ether oxygens (including phenoxy) is 2. The lowest BCUT2D eigenvalue weighted by Crippen LogP contribution is -2.58. The summed E-state index contributed by atoms with van der Waals surface area (Å²) in [6.45, 7) is 5.79. The van der Waals surface area contributed by atoms with Crippen molar-refractivity contribution in [1.29, 1.82) is 0 Å². The van der Waals surface area contributed by atoms with Gasteiger partial charge < -0.3 is 39.7 Å². The van der Waals surface area contributed by atoms with Gasteiger partial charge in [-0.25, -0.2) is 0 Å². The fourth-order valence-electron chi connectivity index (χ4n) is 9.55. The fraction of sp³-hybridized carbons (Fsp3) is 0.434. The molecule has 2 unspecified atom stereocenters. The van der Waals surface area contributed by atoms with Gasteiger partial charge in [-0.05, 0) is 72.0 Å². The molecule has 0 aliphatic carbocycles. The fourth-order valence-corrected chi connectivity index (χ4v) is 11.0. The number of amides is 8. The van der Waals surface area contributed by atoms with Gasteiger partial charge in [-0.2, -0.15) is 8.78 Å². The van der Waals surface area contributed by atoms with Crippen LogP contribution < -0.4 is 16.0 Å². The molecule has 5 heterocycles. The molecule has 76 heavy (non-hydrogen) atoms. The first-order valence-corrected chi connectivity index (χ1v) is 27.2. The zero-order valence-corrected chi connectivity index (χ0v) is 43.6. The Hall–Kier alpha value is -6.73. The van der Waals surface area contributed by atoms with Crippen LogP contribution in [0, 0.1) is 17.3 Å². The van der Waals surface area contributed by atoms with Crippen molar-refractivity contribution in [3.05, 3.63) is 105 Å². The summed E-state index contributed by atoms with van der Waals surface area (Å²) in [7, 11) is -5.86. The molecule has 0 bridgehead atoms. The highest BCUT2D eigenvalue weighted by molar-refractivity contribution is 7.52. The molecule has 4 aliphatic rings. The number of hydrogen-bond donors (Lipinski definition) is 5. The minimum atomic E-state index is -5.86. The average molecular weight is 1090 g/mol. The van der Waals surface area contributed by atoms with E-state index in [-0.39, 0.29) is 79.4 Å². The minimum Gasteiger partial charge on any atom is -0.370 e. The van der Waals surface area contributed by atoms with Crippen LogP contribution >= 0.6 is 18.9 Å². The number of imide groups is 2. The molecule has 3 saturated heterocycles. The summed E-state index contributed by atoms with van der Waals surface area (Å²) in [6, 6.07) is 15.0. The van der Waals surface area contributed by atoms with Gasteiger partial charge >= 0.3 is 13.3 Å². The molecule has 0 saturated carbocycles. The van der Waals surface area contributed by atoms with E-state index in [1.807, 2.05) is 30.3 Å². The highest BCUT2D eigenvalue weighted by Crippen LogP contribution is 2.59. The number of carbonyl (C=O) groups is 8. The Morgan fingerprint density at radius 2 is 1.70 bits per heavy atom. The third-order valence-corrected chi connectivity index (χ3v) is 15.8. The number of piperidine rings is 1. The number of unbranched alkanes of at least 4 members (excludes halogenated alkanes) is 3. The van der Waals surface area contributed by atoms with Crippen molar-refractivity contribution in [2.24, 2.45) is 5.41 Å². The van der Waals surface area contributed by atoms with Gasteiger partial charge in [0.15, 0.2) is 0 Å². The van der Waals surface area contributed by atoms with E-state index < -0.39 is 95.9 Å².